The summed E-state index contributed by atoms with van der Waals surface area (Å²) >= 11 is 0. The summed E-state index contributed by atoms with van der Waals surface area (Å²) in [7, 11) is -5.03. The summed E-state index contributed by atoms with van der Waals surface area (Å²) in [6.07, 6.45) is 12.9. The second-order valence-electron chi connectivity index (χ2n) is 6.52. The monoisotopic (exact) mass is 430 g/mol. The van der Waals surface area contributed by atoms with Crippen LogP contribution in [0.4, 0.5) is 0 Å². The molecular formula is C19H35NaO7S. The number of hydrogen-bond acceptors (Lipinski definition) is 4. The predicted octanol–water partition coefficient (Wildman–Crippen LogP) is 1.49. The third kappa shape index (κ3) is 14.6. The number of allylic oxidation sites excluding steroid dienone is 1. The van der Waals surface area contributed by atoms with Gasteiger partial charge in [-0.1, -0.05) is 70.8 Å². The van der Waals surface area contributed by atoms with Crippen molar-refractivity contribution in [2.24, 2.45) is 0 Å². The molecule has 3 N–H and O–H groups in total. The zero-order valence-electron chi connectivity index (χ0n) is 17.4. The van der Waals surface area contributed by atoms with Gasteiger partial charge < -0.3 is 17.1 Å². The van der Waals surface area contributed by atoms with Crippen LogP contribution in [0.3, 0.4) is 0 Å². The van der Waals surface area contributed by atoms with Crippen molar-refractivity contribution in [1.82, 2.24) is 0 Å². The average Bonchev–Trinajstić information content (AvgIpc) is 2.56. The third-order valence-corrected chi connectivity index (χ3v) is 5.62. The van der Waals surface area contributed by atoms with E-state index in [0.717, 1.165) is 12.5 Å². The average molecular weight is 431 g/mol. The molecule has 0 bridgehead atoms. The molecule has 0 amide bonds. The van der Waals surface area contributed by atoms with Crippen molar-refractivity contribution >= 4 is 22.1 Å². The van der Waals surface area contributed by atoms with Crippen LogP contribution in [0.2, 0.25) is 0 Å². The first-order valence-corrected chi connectivity index (χ1v) is 10.8. The van der Waals surface area contributed by atoms with Gasteiger partial charge in [-0.2, -0.15) is 14.8 Å². The van der Waals surface area contributed by atoms with E-state index in [-0.39, 0.29) is 29.6 Å². The van der Waals surface area contributed by atoms with E-state index in [1.165, 1.54) is 57.8 Å². The molecule has 160 valence electrons. The summed E-state index contributed by atoms with van der Waals surface area (Å²) in [4.78, 5) is 21.1. The maximum atomic E-state index is 10.9. The van der Waals surface area contributed by atoms with Gasteiger partial charge in [-0.05, 0) is 6.42 Å². The number of carboxylic acid groups (broad SMARTS) is 2. The Balaban J connectivity index is -0.000000441. The minimum Gasteiger partial charge on any atom is -0.481 e. The van der Waals surface area contributed by atoms with Crippen LogP contribution in [0.1, 0.15) is 84.0 Å². The van der Waals surface area contributed by atoms with Gasteiger partial charge in [-0.15, -0.1) is 6.58 Å². The first kappa shape index (κ1) is 32.3. The van der Waals surface area contributed by atoms with Crippen LogP contribution in [0.5, 0.6) is 0 Å². The number of rotatable bonds is 15. The van der Waals surface area contributed by atoms with E-state index in [1.807, 2.05) is 0 Å². The molecule has 0 heterocycles. The van der Waals surface area contributed by atoms with E-state index in [2.05, 4.69) is 20.4 Å². The number of unbranched alkanes of at least 4 members (excludes halogenated alkanes) is 9. The Morgan fingerprint density at radius 3 is 1.71 bits per heavy atom. The molecule has 0 aliphatic rings. The molecular weight excluding hydrogens is 395 g/mol. The maximum absolute atomic E-state index is 10.9. The summed E-state index contributed by atoms with van der Waals surface area (Å²) in [5.74, 6) is -3.57. The van der Waals surface area contributed by atoms with E-state index >= 15 is 0 Å². The van der Waals surface area contributed by atoms with Gasteiger partial charge in [-0.3, -0.25) is 14.1 Å². The Hall–Kier alpha value is -0.410. The second-order valence-corrected chi connectivity index (χ2v) is 8.25. The number of hydrogen-bond donors (Lipinski definition) is 3. The minimum atomic E-state index is -5.03. The summed E-state index contributed by atoms with van der Waals surface area (Å²) in [6, 6.07) is 0. The summed E-state index contributed by atoms with van der Waals surface area (Å²) in [6.45, 7) is 9.23. The molecule has 1 atom stereocenters. The fraction of sp³-hybridized carbons (Fsp3) is 0.737. The molecule has 1 unspecified atom stereocenters. The Bertz CT molecular complexity index is 524. The normalized spacial score (nSPS) is 12.7. The van der Waals surface area contributed by atoms with Crippen LogP contribution in [0.15, 0.2) is 12.7 Å². The first-order chi connectivity index (χ1) is 12.6. The van der Waals surface area contributed by atoms with Crippen LogP contribution < -0.4 is 29.6 Å². The van der Waals surface area contributed by atoms with Crippen molar-refractivity contribution in [1.29, 1.82) is 0 Å². The molecule has 0 aliphatic heterocycles. The number of carboxylic acids is 2. The van der Waals surface area contributed by atoms with Gasteiger partial charge >= 0.3 is 41.5 Å². The third-order valence-electron chi connectivity index (χ3n) is 4.15. The quantitative estimate of drug-likeness (QED) is 0.118. The summed E-state index contributed by atoms with van der Waals surface area (Å²) in [5.41, 5.74) is 0. The van der Waals surface area contributed by atoms with Gasteiger partial charge in [0.25, 0.3) is 10.1 Å². The van der Waals surface area contributed by atoms with Crippen LogP contribution in [0.25, 0.3) is 0 Å². The van der Waals surface area contributed by atoms with Crippen molar-refractivity contribution < 1.29 is 62.3 Å². The van der Waals surface area contributed by atoms with E-state index in [1.54, 1.807) is 0 Å². The molecule has 9 heteroatoms. The molecule has 0 fully saturated rings. The van der Waals surface area contributed by atoms with E-state index in [0.29, 0.717) is 0 Å². The van der Waals surface area contributed by atoms with Crippen molar-refractivity contribution in [3.05, 3.63) is 19.6 Å². The molecule has 0 aromatic carbocycles. The smallest absolute Gasteiger partial charge is 0.481 e. The zero-order valence-corrected chi connectivity index (χ0v) is 20.2. The van der Waals surface area contributed by atoms with Crippen molar-refractivity contribution in [3.63, 3.8) is 0 Å². The molecule has 0 radical (unpaired) electrons. The molecule has 0 spiro atoms. The summed E-state index contributed by atoms with van der Waals surface area (Å²) in [5, 5.41) is 17.1. The van der Waals surface area contributed by atoms with E-state index in [4.69, 9.17) is 14.8 Å². The van der Waals surface area contributed by atoms with Gasteiger partial charge in [-0.25, -0.2) is 0 Å². The fourth-order valence-electron chi connectivity index (χ4n) is 2.51. The van der Waals surface area contributed by atoms with Crippen molar-refractivity contribution in [2.45, 2.75) is 88.7 Å². The van der Waals surface area contributed by atoms with Gasteiger partial charge in [0.05, 0.1) is 6.42 Å². The van der Waals surface area contributed by atoms with Crippen LogP contribution in [-0.4, -0.2) is 39.9 Å². The zero-order chi connectivity index (χ0) is 21.3. The molecule has 0 saturated heterocycles. The molecule has 7 nitrogen and oxygen atoms in total. The van der Waals surface area contributed by atoms with Crippen LogP contribution in [-0.2, 0) is 19.7 Å². The first-order valence-electron chi connectivity index (χ1n) is 9.41. The van der Waals surface area contributed by atoms with Crippen LogP contribution in [0, 0.1) is 6.92 Å². The maximum Gasteiger partial charge on any atom is 1.00 e. The van der Waals surface area contributed by atoms with E-state index < -0.39 is 39.6 Å². The fourth-order valence-corrected chi connectivity index (χ4v) is 3.36. The van der Waals surface area contributed by atoms with Crippen LogP contribution >= 0.6 is 0 Å². The number of carbonyl (C=O) groups is 2. The molecule has 28 heavy (non-hydrogen) atoms. The SMILES string of the molecule is C=CCC(CC(=O)O)(C(=O)O)S(=O)(=O)O.[CH2-]CCCCCCCCCCC.[Na+]. The Labute approximate surface area is 192 Å². The standard InChI is InChI=1S/C12H25.C7H10O7S.Na/c1-3-5-7-9-11-12-10-8-6-4-2;1-2-3-7(6(10)11,4-5(8)9)15(12,13)14;/h1,3-12H2,2H3;2H,1,3-4H2,(H,8,9)(H,10,11)(H,12,13,14);/q-1;;+1. The van der Waals surface area contributed by atoms with Gasteiger partial charge in [0.2, 0.25) is 4.75 Å². The molecule has 0 aromatic rings. The Kier molecular flexibility index (Phi) is 21.4. The minimum absolute atomic E-state index is 0. The molecule has 0 rings (SSSR count). The number of aliphatic carboxylic acids is 2. The van der Waals surface area contributed by atoms with Gasteiger partial charge in [0.1, 0.15) is 0 Å². The van der Waals surface area contributed by atoms with Crippen molar-refractivity contribution in [3.8, 4) is 0 Å². The molecule has 0 saturated carbocycles. The summed E-state index contributed by atoms with van der Waals surface area (Å²) < 4.78 is 27.8. The predicted molar refractivity (Wildman–Crippen MR) is 106 cm³/mol. The second kappa shape index (κ2) is 18.6. The topological polar surface area (TPSA) is 129 Å². The Morgan fingerprint density at radius 1 is 1.00 bits per heavy atom. The molecule has 0 aliphatic carbocycles. The van der Waals surface area contributed by atoms with E-state index in [9.17, 15) is 18.0 Å². The largest absolute Gasteiger partial charge is 1.00 e. The Morgan fingerprint density at radius 2 is 1.43 bits per heavy atom. The van der Waals surface area contributed by atoms with Crippen molar-refractivity contribution in [2.75, 3.05) is 0 Å². The molecule has 0 aromatic heterocycles. The van der Waals surface area contributed by atoms with Gasteiger partial charge in [0.15, 0.2) is 0 Å². The van der Waals surface area contributed by atoms with Gasteiger partial charge in [0, 0.05) is 0 Å².